The van der Waals surface area contributed by atoms with Crippen LogP contribution in [0.4, 0.5) is 0 Å². The molecule has 0 N–H and O–H groups in total. The van der Waals surface area contributed by atoms with Crippen LogP contribution >= 0.6 is 11.6 Å². The molecule has 1 aliphatic heterocycles. The molecule has 1 aliphatic rings. The van der Waals surface area contributed by atoms with E-state index in [9.17, 15) is 18.0 Å². The SMILES string of the molecule is Cc1c(C(=O)O[C@@H](C)C(=O)N(C)[C@@H]2CCS(=O)(=O)C2)oc2ccc(Cl)cc12. The van der Waals surface area contributed by atoms with E-state index in [1.165, 1.54) is 18.9 Å². The van der Waals surface area contributed by atoms with Gasteiger partial charge in [-0.2, -0.15) is 0 Å². The van der Waals surface area contributed by atoms with Crippen LogP contribution in [0.5, 0.6) is 0 Å². The average molecular weight is 414 g/mol. The number of nitrogens with zero attached hydrogens (tertiary/aromatic N) is 1. The number of halogens is 1. The van der Waals surface area contributed by atoms with Crippen molar-refractivity contribution in [2.24, 2.45) is 0 Å². The summed E-state index contributed by atoms with van der Waals surface area (Å²) in [5, 5.41) is 1.21. The highest BCUT2D eigenvalue weighted by atomic mass is 35.5. The summed E-state index contributed by atoms with van der Waals surface area (Å²) in [5.41, 5.74) is 1.07. The number of hydrogen-bond donors (Lipinski definition) is 0. The predicted molar refractivity (Wildman–Crippen MR) is 101 cm³/mol. The number of hydrogen-bond acceptors (Lipinski definition) is 6. The number of furan rings is 1. The van der Waals surface area contributed by atoms with Crippen LogP contribution in [-0.2, 0) is 19.4 Å². The second-order valence-electron chi connectivity index (χ2n) is 6.75. The first-order valence-corrected chi connectivity index (χ1v) is 10.7. The Morgan fingerprint density at radius 1 is 1.37 bits per heavy atom. The van der Waals surface area contributed by atoms with Crippen molar-refractivity contribution in [2.75, 3.05) is 18.6 Å². The lowest BCUT2D eigenvalue weighted by Gasteiger charge is -2.26. The van der Waals surface area contributed by atoms with Crippen LogP contribution in [-0.4, -0.2) is 55.9 Å². The number of rotatable bonds is 4. The molecule has 7 nitrogen and oxygen atoms in total. The maximum Gasteiger partial charge on any atom is 0.375 e. The topological polar surface area (TPSA) is 93.9 Å². The number of likely N-dealkylation sites (N-methyl/N-ethyl adjacent to an activating group) is 1. The minimum atomic E-state index is -3.12. The minimum Gasteiger partial charge on any atom is -0.449 e. The zero-order valence-electron chi connectivity index (χ0n) is 15.2. The molecule has 1 aromatic carbocycles. The molecular formula is C18H20ClNO6S. The van der Waals surface area contributed by atoms with Crippen molar-refractivity contribution in [3.8, 4) is 0 Å². The van der Waals surface area contributed by atoms with E-state index >= 15 is 0 Å². The molecular weight excluding hydrogens is 394 g/mol. The normalized spacial score (nSPS) is 19.8. The van der Waals surface area contributed by atoms with Gasteiger partial charge in [0.05, 0.1) is 11.5 Å². The molecule has 2 aromatic rings. The third-order valence-corrected chi connectivity index (χ3v) is 6.80. The molecule has 1 aromatic heterocycles. The van der Waals surface area contributed by atoms with E-state index in [1.54, 1.807) is 25.1 Å². The molecule has 0 saturated carbocycles. The van der Waals surface area contributed by atoms with E-state index in [4.69, 9.17) is 20.8 Å². The van der Waals surface area contributed by atoms with Gasteiger partial charge in [0.2, 0.25) is 5.76 Å². The lowest BCUT2D eigenvalue weighted by molar-refractivity contribution is -0.140. The summed E-state index contributed by atoms with van der Waals surface area (Å²) in [4.78, 5) is 26.3. The van der Waals surface area contributed by atoms with Gasteiger partial charge in [0.1, 0.15) is 5.58 Å². The van der Waals surface area contributed by atoms with E-state index in [0.29, 0.717) is 28.0 Å². The number of carbonyl (C=O) groups excluding carboxylic acids is 2. The van der Waals surface area contributed by atoms with Gasteiger partial charge in [-0.25, -0.2) is 13.2 Å². The Morgan fingerprint density at radius 2 is 2.07 bits per heavy atom. The zero-order valence-corrected chi connectivity index (χ0v) is 16.8. The highest BCUT2D eigenvalue weighted by Gasteiger charge is 2.35. The Bertz CT molecular complexity index is 1010. The van der Waals surface area contributed by atoms with E-state index in [1.807, 2.05) is 0 Å². The molecule has 9 heteroatoms. The lowest BCUT2D eigenvalue weighted by atomic mass is 10.1. The molecule has 1 saturated heterocycles. The van der Waals surface area contributed by atoms with E-state index in [-0.39, 0.29) is 17.3 Å². The molecule has 1 fully saturated rings. The molecule has 0 radical (unpaired) electrons. The number of fused-ring (bicyclic) bond motifs is 1. The van der Waals surface area contributed by atoms with E-state index < -0.39 is 33.9 Å². The van der Waals surface area contributed by atoms with Gasteiger partial charge in [-0.05, 0) is 38.5 Å². The summed E-state index contributed by atoms with van der Waals surface area (Å²) >= 11 is 5.97. The molecule has 0 spiro atoms. The second kappa shape index (κ2) is 7.16. The van der Waals surface area contributed by atoms with E-state index in [2.05, 4.69) is 0 Å². The van der Waals surface area contributed by atoms with Gasteiger partial charge in [-0.15, -0.1) is 0 Å². The van der Waals surface area contributed by atoms with Crippen LogP contribution in [0.2, 0.25) is 5.02 Å². The molecule has 0 unspecified atom stereocenters. The van der Waals surface area contributed by atoms with Crippen LogP contribution in [0, 0.1) is 6.92 Å². The first-order chi connectivity index (χ1) is 12.6. The summed E-state index contributed by atoms with van der Waals surface area (Å²) in [5.74, 6) is -1.21. The number of amides is 1. The second-order valence-corrected chi connectivity index (χ2v) is 9.42. The van der Waals surface area contributed by atoms with Crippen molar-refractivity contribution in [1.82, 2.24) is 4.90 Å². The molecule has 0 bridgehead atoms. The summed E-state index contributed by atoms with van der Waals surface area (Å²) in [6, 6.07) is 4.59. The molecule has 27 heavy (non-hydrogen) atoms. The largest absolute Gasteiger partial charge is 0.449 e. The molecule has 3 rings (SSSR count). The maximum atomic E-state index is 12.5. The summed E-state index contributed by atoms with van der Waals surface area (Å²) in [6.07, 6.45) is -0.684. The van der Waals surface area contributed by atoms with E-state index in [0.717, 1.165) is 0 Å². The fourth-order valence-electron chi connectivity index (χ4n) is 3.20. The Labute approximate surface area is 162 Å². The zero-order chi connectivity index (χ0) is 19.9. The van der Waals surface area contributed by atoms with Crippen LogP contribution < -0.4 is 0 Å². The quantitative estimate of drug-likeness (QED) is 0.715. The summed E-state index contributed by atoms with van der Waals surface area (Å²) in [6.45, 7) is 3.16. The van der Waals surface area contributed by atoms with Gasteiger partial charge < -0.3 is 14.1 Å². The predicted octanol–water partition coefficient (Wildman–Crippen LogP) is 2.59. The number of aryl methyl sites for hydroxylation is 1. The number of benzene rings is 1. The van der Waals surface area contributed by atoms with Crippen LogP contribution in [0.15, 0.2) is 22.6 Å². The van der Waals surface area contributed by atoms with Crippen LogP contribution in [0.3, 0.4) is 0 Å². The van der Waals surface area contributed by atoms with Crippen molar-refractivity contribution >= 4 is 44.3 Å². The van der Waals surface area contributed by atoms with Gasteiger partial charge in [0.25, 0.3) is 5.91 Å². The van der Waals surface area contributed by atoms with Gasteiger partial charge in [-0.3, -0.25) is 4.79 Å². The van der Waals surface area contributed by atoms with Gasteiger partial charge in [0, 0.05) is 29.1 Å². The van der Waals surface area contributed by atoms with Gasteiger partial charge >= 0.3 is 5.97 Å². The Kier molecular flexibility index (Phi) is 5.22. The standard InChI is InChI=1S/C18H20ClNO6S/c1-10-14-8-12(19)4-5-15(14)26-16(10)18(22)25-11(2)17(21)20(3)13-6-7-27(23,24)9-13/h4-5,8,11,13H,6-7,9H2,1-3H3/t11-,13+/m0/s1. The summed E-state index contributed by atoms with van der Waals surface area (Å²) in [7, 11) is -1.60. The highest BCUT2D eigenvalue weighted by molar-refractivity contribution is 7.91. The Morgan fingerprint density at radius 3 is 2.70 bits per heavy atom. The smallest absolute Gasteiger partial charge is 0.375 e. The lowest BCUT2D eigenvalue weighted by Crippen LogP contribution is -2.44. The molecule has 146 valence electrons. The Hall–Kier alpha value is -2.06. The minimum absolute atomic E-state index is 0.0120. The fraction of sp³-hybridized carbons (Fsp3) is 0.444. The van der Waals surface area contributed by atoms with Crippen molar-refractivity contribution in [2.45, 2.75) is 32.4 Å². The molecule has 2 heterocycles. The monoisotopic (exact) mass is 413 g/mol. The summed E-state index contributed by atoms with van der Waals surface area (Å²) < 4.78 is 34.0. The van der Waals surface area contributed by atoms with Crippen molar-refractivity contribution < 1.29 is 27.2 Å². The number of sulfone groups is 1. The van der Waals surface area contributed by atoms with Gasteiger partial charge in [0.15, 0.2) is 15.9 Å². The molecule has 0 aliphatic carbocycles. The third-order valence-electron chi connectivity index (χ3n) is 4.82. The first-order valence-electron chi connectivity index (χ1n) is 8.46. The van der Waals surface area contributed by atoms with Gasteiger partial charge in [-0.1, -0.05) is 11.6 Å². The Balaban J connectivity index is 1.72. The molecule has 2 atom stereocenters. The van der Waals surface area contributed by atoms with Crippen molar-refractivity contribution in [3.05, 3.63) is 34.5 Å². The molecule has 1 amide bonds. The third kappa shape index (κ3) is 3.96. The highest BCUT2D eigenvalue weighted by Crippen LogP contribution is 2.28. The van der Waals surface area contributed by atoms with Crippen molar-refractivity contribution in [3.63, 3.8) is 0 Å². The first kappa shape index (κ1) is 19.7. The fourth-order valence-corrected chi connectivity index (χ4v) is 5.15. The maximum absolute atomic E-state index is 12.5. The number of carbonyl (C=O) groups is 2. The van der Waals surface area contributed by atoms with Crippen LogP contribution in [0.1, 0.15) is 29.5 Å². The number of ether oxygens (including phenoxy) is 1. The van der Waals surface area contributed by atoms with Crippen LogP contribution in [0.25, 0.3) is 11.0 Å². The number of esters is 1. The van der Waals surface area contributed by atoms with Crippen molar-refractivity contribution in [1.29, 1.82) is 0 Å². The average Bonchev–Trinajstić information content (AvgIpc) is 3.13.